The van der Waals surface area contributed by atoms with Gasteiger partial charge in [0.1, 0.15) is 0 Å². The number of carbonyl (C=O) groups excluding carboxylic acids is 1. The van der Waals surface area contributed by atoms with E-state index in [0.717, 1.165) is 3.93 Å². The molecule has 0 radical (unpaired) electrons. The Morgan fingerprint density at radius 2 is 2.62 bits per heavy atom. The van der Waals surface area contributed by atoms with E-state index in [-0.39, 0.29) is 5.97 Å². The Kier molecular flexibility index (Phi) is 5.38. The Bertz CT molecular complexity index is 90.4. The third kappa shape index (κ3) is 6.15. The van der Waals surface area contributed by atoms with E-state index < -0.39 is 25.0 Å². The molecule has 0 saturated heterocycles. The number of allylic oxidation sites excluding steroid dienone is 1. The number of carbonyl (C=O) groups is 1. The zero-order valence-corrected chi connectivity index (χ0v) is 10.5. The average Bonchev–Trinajstić information content (AvgIpc) is 1.66. The van der Waals surface area contributed by atoms with Gasteiger partial charge in [0.25, 0.3) is 0 Å². The number of hydrogen-bond acceptors (Lipinski definition) is 2. The zero-order chi connectivity index (χ0) is 6.41. The van der Waals surface area contributed by atoms with Crippen LogP contribution in [0.3, 0.4) is 0 Å². The first kappa shape index (κ1) is 8.15. The van der Waals surface area contributed by atoms with Crippen LogP contribution in [-0.2, 0) is 32.5 Å². The van der Waals surface area contributed by atoms with E-state index in [1.54, 1.807) is 0 Å². The molecule has 0 aliphatic carbocycles. The van der Waals surface area contributed by atoms with E-state index in [0.29, 0.717) is 0 Å². The molecule has 0 atom stereocenters. The first-order chi connectivity index (χ1) is 3.77. The summed E-state index contributed by atoms with van der Waals surface area (Å²) >= 11 is -1.24. The fourth-order valence-corrected chi connectivity index (χ4v) is 2.51. The van der Waals surface area contributed by atoms with Gasteiger partial charge in [0.05, 0.1) is 0 Å². The van der Waals surface area contributed by atoms with Crippen LogP contribution in [0.5, 0.6) is 0 Å². The molecular formula is C5H8HgO2. The van der Waals surface area contributed by atoms with Crippen molar-refractivity contribution in [1.82, 2.24) is 0 Å². The topological polar surface area (TPSA) is 26.3 Å². The molecule has 0 saturated carbocycles. The van der Waals surface area contributed by atoms with Crippen LogP contribution in [0.15, 0.2) is 12.7 Å². The summed E-state index contributed by atoms with van der Waals surface area (Å²) in [6.07, 6.45) is 1.81. The first-order valence-corrected chi connectivity index (χ1v) is 8.65. The molecule has 2 nitrogen and oxygen atoms in total. The van der Waals surface area contributed by atoms with Crippen LogP contribution in [0.1, 0.15) is 6.92 Å². The summed E-state index contributed by atoms with van der Waals surface area (Å²) in [6, 6.07) is 0. The van der Waals surface area contributed by atoms with Crippen LogP contribution < -0.4 is 0 Å². The first-order valence-electron chi connectivity index (χ1n) is 2.51. The predicted molar refractivity (Wildman–Crippen MR) is 26.8 cm³/mol. The second-order valence-corrected chi connectivity index (χ2v) is 6.37. The van der Waals surface area contributed by atoms with E-state index in [4.69, 9.17) is 2.64 Å². The average molecular weight is 301 g/mol. The number of hydrogen-bond donors (Lipinski definition) is 0. The maximum atomic E-state index is 10.1. The van der Waals surface area contributed by atoms with E-state index >= 15 is 0 Å². The Morgan fingerprint density at radius 3 is 3.00 bits per heavy atom. The molecule has 0 aromatic rings. The van der Waals surface area contributed by atoms with Crippen LogP contribution >= 0.6 is 0 Å². The Morgan fingerprint density at radius 1 is 2.00 bits per heavy atom. The molecule has 0 aliphatic heterocycles. The maximum absolute atomic E-state index is 10.1. The normalized spacial score (nSPS) is 7.12. The van der Waals surface area contributed by atoms with Crippen molar-refractivity contribution in [2.45, 2.75) is 10.9 Å². The van der Waals surface area contributed by atoms with Crippen LogP contribution in [-0.4, -0.2) is 5.97 Å². The second-order valence-electron chi connectivity index (χ2n) is 1.42. The van der Waals surface area contributed by atoms with E-state index in [1.807, 2.05) is 6.08 Å². The molecule has 0 fully saturated rings. The van der Waals surface area contributed by atoms with E-state index in [2.05, 4.69) is 6.58 Å². The van der Waals surface area contributed by atoms with Gasteiger partial charge in [-0.1, -0.05) is 0 Å². The molecule has 0 heterocycles. The van der Waals surface area contributed by atoms with Crippen LogP contribution in [0.2, 0.25) is 3.93 Å². The molecule has 42 valence electrons. The van der Waals surface area contributed by atoms with Gasteiger partial charge in [0.2, 0.25) is 0 Å². The van der Waals surface area contributed by atoms with Crippen molar-refractivity contribution in [3.8, 4) is 0 Å². The van der Waals surface area contributed by atoms with Crippen molar-refractivity contribution >= 4 is 5.97 Å². The molecule has 0 bridgehead atoms. The monoisotopic (exact) mass is 302 g/mol. The molecule has 0 aromatic heterocycles. The summed E-state index contributed by atoms with van der Waals surface area (Å²) in [5.74, 6) is -0.131. The quantitative estimate of drug-likeness (QED) is 0.444. The third-order valence-corrected chi connectivity index (χ3v) is 5.50. The molecule has 0 unspecified atom stereocenters. The van der Waals surface area contributed by atoms with Crippen LogP contribution in [0, 0.1) is 0 Å². The van der Waals surface area contributed by atoms with Crippen molar-refractivity contribution in [3.05, 3.63) is 12.7 Å². The van der Waals surface area contributed by atoms with Gasteiger partial charge in [-0.2, -0.15) is 0 Å². The van der Waals surface area contributed by atoms with Gasteiger partial charge < -0.3 is 0 Å². The molecule has 0 N–H and O–H groups in total. The molecule has 0 aliphatic rings. The molecule has 0 aromatic carbocycles. The third-order valence-electron chi connectivity index (χ3n) is 0.627. The fraction of sp³-hybridized carbons (Fsp3) is 0.400. The van der Waals surface area contributed by atoms with Crippen molar-refractivity contribution in [3.63, 3.8) is 0 Å². The zero-order valence-electron chi connectivity index (χ0n) is 5.02. The molecule has 0 spiro atoms. The second kappa shape index (κ2) is 5.29. The van der Waals surface area contributed by atoms with Gasteiger partial charge in [0.15, 0.2) is 0 Å². The van der Waals surface area contributed by atoms with Gasteiger partial charge in [-0.25, -0.2) is 0 Å². The summed E-state index contributed by atoms with van der Waals surface area (Å²) in [4.78, 5) is 10.1. The summed E-state index contributed by atoms with van der Waals surface area (Å²) in [7, 11) is 0. The van der Waals surface area contributed by atoms with Crippen LogP contribution in [0.4, 0.5) is 0 Å². The number of rotatable bonds is 3. The van der Waals surface area contributed by atoms with Crippen molar-refractivity contribution in [2.75, 3.05) is 0 Å². The van der Waals surface area contributed by atoms with Crippen molar-refractivity contribution in [2.24, 2.45) is 0 Å². The summed E-state index contributed by atoms with van der Waals surface area (Å²) < 4.78 is 5.75. The van der Waals surface area contributed by atoms with Crippen LogP contribution in [0.25, 0.3) is 0 Å². The molecule has 0 amide bonds. The SMILES string of the molecule is C=C[CH2][Hg][O]C(C)=O. The van der Waals surface area contributed by atoms with E-state index in [1.165, 1.54) is 6.92 Å². The Hall–Kier alpha value is 0.145. The summed E-state index contributed by atoms with van der Waals surface area (Å²) in [5, 5.41) is 0. The van der Waals surface area contributed by atoms with Gasteiger partial charge >= 0.3 is 61.9 Å². The fourth-order valence-electron chi connectivity index (χ4n) is 0.286. The summed E-state index contributed by atoms with van der Waals surface area (Å²) in [6.45, 7) is 4.97. The molecule has 3 heteroatoms. The predicted octanol–water partition coefficient (Wildman–Crippen LogP) is 1.15. The van der Waals surface area contributed by atoms with Crippen molar-refractivity contribution < 1.29 is 32.5 Å². The van der Waals surface area contributed by atoms with E-state index in [9.17, 15) is 4.79 Å². The van der Waals surface area contributed by atoms with Gasteiger partial charge in [0, 0.05) is 0 Å². The Balaban J connectivity index is 2.93. The van der Waals surface area contributed by atoms with Crippen molar-refractivity contribution in [1.29, 1.82) is 0 Å². The standard InChI is InChI=1S/C3H5.C2H4O2.Hg/c1-3-2;1-2(3)4;/h3H,1-2H2;1H3,(H,3,4);/q;;+1/p-1. The van der Waals surface area contributed by atoms with Gasteiger partial charge in [-0.3, -0.25) is 0 Å². The molecule has 8 heavy (non-hydrogen) atoms. The molecule has 0 rings (SSSR count). The van der Waals surface area contributed by atoms with Gasteiger partial charge in [-0.05, 0) is 0 Å². The minimum absolute atomic E-state index is 0.131. The van der Waals surface area contributed by atoms with Gasteiger partial charge in [-0.15, -0.1) is 0 Å². The summed E-state index contributed by atoms with van der Waals surface area (Å²) in [5.41, 5.74) is 0. The minimum atomic E-state index is -1.24. The molecular weight excluding hydrogens is 293 g/mol. The Labute approximate surface area is 62.0 Å².